The van der Waals surface area contributed by atoms with E-state index in [9.17, 15) is 0 Å². The summed E-state index contributed by atoms with van der Waals surface area (Å²) >= 11 is 3.87. The molecule has 0 spiro atoms. The van der Waals surface area contributed by atoms with Gasteiger partial charge in [0.05, 0.1) is 11.0 Å². The Morgan fingerprint density at radius 3 is 1.95 bits per heavy atom. The Morgan fingerprint density at radius 2 is 1.16 bits per heavy atom. The summed E-state index contributed by atoms with van der Waals surface area (Å²) < 4.78 is 8.05. The summed E-state index contributed by atoms with van der Waals surface area (Å²) in [5, 5.41) is 8.05. The average molecular weight is 859 g/mol. The molecule has 2 aliphatic heterocycles. The van der Waals surface area contributed by atoms with Crippen LogP contribution in [0.1, 0.15) is 77.6 Å². The zero-order chi connectivity index (χ0) is 43.3. The molecule has 3 aliphatic rings. The molecule has 14 rings (SSSR count). The van der Waals surface area contributed by atoms with Crippen LogP contribution < -0.4 is 15.7 Å². The lowest BCUT2D eigenvalue weighted by molar-refractivity contribution is 0.590. The molecule has 0 radical (unpaired) electrons. The van der Waals surface area contributed by atoms with Crippen molar-refractivity contribution in [2.45, 2.75) is 71.6 Å². The van der Waals surface area contributed by atoms with Crippen LogP contribution in [0.2, 0.25) is 0 Å². The lowest BCUT2D eigenvalue weighted by atomic mass is 9.44. The molecule has 64 heavy (non-hydrogen) atoms. The highest BCUT2D eigenvalue weighted by Crippen LogP contribution is 2.55. The van der Waals surface area contributed by atoms with Gasteiger partial charge in [0.2, 0.25) is 0 Å². The fraction of sp³-hybridized carbons (Fsp3) is 0.186. The van der Waals surface area contributed by atoms with E-state index in [4.69, 9.17) is 0 Å². The van der Waals surface area contributed by atoms with Crippen LogP contribution in [-0.4, -0.2) is 11.4 Å². The highest BCUT2D eigenvalue weighted by molar-refractivity contribution is 7.26. The second-order valence-corrected chi connectivity index (χ2v) is 23.5. The second-order valence-electron chi connectivity index (χ2n) is 21.3. The van der Waals surface area contributed by atoms with Crippen molar-refractivity contribution in [3.63, 3.8) is 0 Å². The van der Waals surface area contributed by atoms with Gasteiger partial charge in [-0.1, -0.05) is 140 Å². The number of thiophene rings is 2. The van der Waals surface area contributed by atoms with Gasteiger partial charge in [-0.3, -0.25) is 0 Å². The largest absolute Gasteiger partial charge is 0.376 e. The molecule has 0 saturated carbocycles. The maximum Gasteiger partial charge on any atom is 0.333 e. The SMILES string of the molecule is CC(C)(C)c1ccc(N2B3c4cc5sc6ccccc6c5cc4-n4c5ccc6c(c5c5ccc(c3c54)-c3cc4sc5cc(C(C)(C)C)ccc5c4cc32)-c2ccccc2C6(C)C)cc1. The molecule has 308 valence electrons. The molecule has 1 aliphatic carbocycles. The van der Waals surface area contributed by atoms with Gasteiger partial charge in [-0.05, 0) is 115 Å². The fourth-order valence-electron chi connectivity index (χ4n) is 12.0. The molecule has 2 nitrogen and oxygen atoms in total. The Bertz CT molecular complexity index is 3900. The van der Waals surface area contributed by atoms with Gasteiger partial charge in [0.1, 0.15) is 0 Å². The summed E-state index contributed by atoms with van der Waals surface area (Å²) in [7, 11) is 0. The number of benzene rings is 8. The van der Waals surface area contributed by atoms with Gasteiger partial charge in [-0.25, -0.2) is 0 Å². The van der Waals surface area contributed by atoms with Crippen molar-refractivity contribution in [2.24, 2.45) is 0 Å². The van der Waals surface area contributed by atoms with Crippen LogP contribution in [0, 0.1) is 0 Å². The van der Waals surface area contributed by atoms with Crippen LogP contribution in [0.25, 0.3) is 90.1 Å². The van der Waals surface area contributed by atoms with Gasteiger partial charge < -0.3 is 9.38 Å². The van der Waals surface area contributed by atoms with Gasteiger partial charge in [-0.2, -0.15) is 0 Å². The number of hydrogen-bond donors (Lipinski definition) is 0. The molecule has 0 N–H and O–H groups in total. The zero-order valence-corrected chi connectivity index (χ0v) is 39.2. The minimum Gasteiger partial charge on any atom is -0.376 e. The molecule has 8 aromatic carbocycles. The first-order valence-electron chi connectivity index (χ1n) is 22.9. The number of nitrogens with zero attached hydrogens (tertiary/aromatic N) is 2. The molecule has 0 saturated heterocycles. The molecule has 0 fully saturated rings. The Balaban J connectivity index is 1.16. The van der Waals surface area contributed by atoms with E-state index in [0.29, 0.717) is 0 Å². The van der Waals surface area contributed by atoms with Gasteiger partial charge in [0.25, 0.3) is 0 Å². The van der Waals surface area contributed by atoms with Crippen LogP contribution >= 0.6 is 22.7 Å². The predicted octanol–water partition coefficient (Wildman–Crippen LogP) is 15.7. The Labute approximate surface area is 382 Å². The number of fused-ring (bicyclic) bond motifs is 18. The van der Waals surface area contributed by atoms with Crippen molar-refractivity contribution in [1.82, 2.24) is 4.57 Å². The number of aromatic nitrogens is 1. The number of anilines is 2. The normalized spacial score (nSPS) is 14.9. The first kappa shape index (κ1) is 37.3. The molecule has 0 atom stereocenters. The van der Waals surface area contributed by atoms with E-state index >= 15 is 0 Å². The zero-order valence-electron chi connectivity index (χ0n) is 37.6. The topological polar surface area (TPSA) is 8.17 Å². The van der Waals surface area contributed by atoms with E-state index in [1.165, 1.54) is 135 Å². The maximum atomic E-state index is 2.72. The summed E-state index contributed by atoms with van der Waals surface area (Å²) in [6.07, 6.45) is 0. The van der Waals surface area contributed by atoms with E-state index in [1.54, 1.807) is 0 Å². The number of rotatable bonds is 1. The quantitative estimate of drug-likeness (QED) is 0.149. The number of hydrogen-bond acceptors (Lipinski definition) is 3. The van der Waals surface area contributed by atoms with Crippen LogP contribution in [0.3, 0.4) is 0 Å². The van der Waals surface area contributed by atoms with Gasteiger partial charge in [0, 0.05) is 79.2 Å². The summed E-state index contributed by atoms with van der Waals surface area (Å²) in [6, 6.07) is 54.9. The van der Waals surface area contributed by atoms with Gasteiger partial charge in [0.15, 0.2) is 0 Å². The van der Waals surface area contributed by atoms with Crippen molar-refractivity contribution in [2.75, 3.05) is 4.81 Å². The first-order chi connectivity index (χ1) is 30.8. The Hall–Kier alpha value is -6.14. The smallest absolute Gasteiger partial charge is 0.333 e. The summed E-state index contributed by atoms with van der Waals surface area (Å²) in [6.45, 7) is 18.7. The molecule has 5 heteroatoms. The Morgan fingerprint density at radius 1 is 0.500 bits per heavy atom. The van der Waals surface area contributed by atoms with Crippen molar-refractivity contribution in [3.8, 4) is 27.9 Å². The average Bonchev–Trinajstić information content (AvgIpc) is 4.00. The summed E-state index contributed by atoms with van der Waals surface area (Å²) in [5.74, 6) is 0. The molecule has 0 bridgehead atoms. The van der Waals surface area contributed by atoms with Crippen molar-refractivity contribution in [1.29, 1.82) is 0 Å². The van der Waals surface area contributed by atoms with Crippen LogP contribution in [0.15, 0.2) is 140 Å². The van der Waals surface area contributed by atoms with Crippen molar-refractivity contribution in [3.05, 3.63) is 162 Å². The van der Waals surface area contributed by atoms with E-state index in [1.807, 2.05) is 22.7 Å². The standard InChI is InChI=1S/C59H47BN2S2/c1-57(2,3)32-17-20-34(21-18-32)62-47-28-41-36-22-19-33(58(4,5)6)27-50(36)64-51(41)30-40(47)37-23-24-39-54-46(26-25-44-53(54)38-14-9-11-15-43(38)59(44,7)8)61-48-29-42-35-13-10-12-16-49(35)63-52(42)31-45(48)60(62)55(37)56(39)61/h9-31H,1-8H3. The van der Waals surface area contributed by atoms with Crippen molar-refractivity contribution < 1.29 is 0 Å². The van der Waals surface area contributed by atoms with Crippen LogP contribution in [0.5, 0.6) is 0 Å². The van der Waals surface area contributed by atoms with Crippen LogP contribution in [0.4, 0.5) is 11.4 Å². The maximum absolute atomic E-state index is 2.72. The highest BCUT2D eigenvalue weighted by atomic mass is 32.1. The fourth-order valence-corrected chi connectivity index (χ4v) is 14.3. The minimum absolute atomic E-state index is 0.0450. The Kier molecular flexibility index (Phi) is 7.07. The first-order valence-corrected chi connectivity index (χ1v) is 24.5. The van der Waals surface area contributed by atoms with Gasteiger partial charge in [-0.15, -0.1) is 22.7 Å². The molecular formula is C59H47BN2S2. The van der Waals surface area contributed by atoms with E-state index < -0.39 is 0 Å². The van der Waals surface area contributed by atoms with E-state index in [2.05, 4.69) is 204 Å². The molecule has 0 unspecified atom stereocenters. The predicted molar refractivity (Wildman–Crippen MR) is 281 cm³/mol. The van der Waals surface area contributed by atoms with E-state index in [-0.39, 0.29) is 23.1 Å². The molecule has 11 aromatic rings. The minimum atomic E-state index is -0.0939. The third kappa shape index (κ3) is 4.71. The second kappa shape index (κ2) is 12.1. The van der Waals surface area contributed by atoms with E-state index in [0.717, 1.165) is 0 Å². The lowest BCUT2D eigenvalue weighted by Gasteiger charge is -2.42. The molecule has 5 heterocycles. The highest BCUT2D eigenvalue weighted by Gasteiger charge is 2.46. The summed E-state index contributed by atoms with van der Waals surface area (Å²) in [5.41, 5.74) is 20.2. The third-order valence-electron chi connectivity index (χ3n) is 15.3. The van der Waals surface area contributed by atoms with Gasteiger partial charge >= 0.3 is 6.85 Å². The van der Waals surface area contributed by atoms with Crippen LogP contribution in [-0.2, 0) is 16.2 Å². The molecular weight excluding hydrogens is 812 g/mol. The monoisotopic (exact) mass is 858 g/mol. The molecule has 3 aromatic heterocycles. The van der Waals surface area contributed by atoms with Crippen molar-refractivity contribution >= 4 is 114 Å². The molecule has 0 amide bonds. The lowest BCUT2D eigenvalue weighted by Crippen LogP contribution is -2.60. The summed E-state index contributed by atoms with van der Waals surface area (Å²) in [4.78, 5) is 2.72. The third-order valence-corrected chi connectivity index (χ3v) is 17.5.